The van der Waals surface area contributed by atoms with E-state index in [-0.39, 0.29) is 0 Å². The van der Waals surface area contributed by atoms with Crippen molar-refractivity contribution in [1.82, 2.24) is 14.9 Å². The summed E-state index contributed by atoms with van der Waals surface area (Å²) in [6, 6.07) is 5.39. The lowest BCUT2D eigenvalue weighted by Gasteiger charge is -2.29. The van der Waals surface area contributed by atoms with Crippen LogP contribution in [0.2, 0.25) is 0 Å². The Morgan fingerprint density at radius 2 is 2.08 bits per heavy atom. The van der Waals surface area contributed by atoms with Gasteiger partial charge in [0.25, 0.3) is 0 Å². The molecular weight excluding hydrogens is 326 g/mol. The normalized spacial score (nSPS) is 18.5. The molecule has 1 aliphatic heterocycles. The molecule has 5 nitrogen and oxygen atoms in total. The van der Waals surface area contributed by atoms with Gasteiger partial charge in [-0.3, -0.25) is 4.90 Å². The van der Waals surface area contributed by atoms with Crippen LogP contribution >= 0.6 is 0 Å². The predicted octanol–water partition coefficient (Wildman–Crippen LogP) is 3.80. The molecule has 1 aromatic heterocycles. The first-order valence-electron chi connectivity index (χ1n) is 9.66. The molecule has 5 heteroatoms. The molecule has 0 saturated heterocycles. The Hall–Kier alpha value is -2.14. The van der Waals surface area contributed by atoms with Crippen LogP contribution in [0.4, 0.5) is 0 Å². The van der Waals surface area contributed by atoms with Crippen LogP contribution in [0.5, 0.6) is 11.5 Å². The van der Waals surface area contributed by atoms with Crippen LogP contribution in [0.3, 0.4) is 0 Å². The second-order valence-electron chi connectivity index (χ2n) is 7.49. The molecule has 0 atom stereocenters. The van der Waals surface area contributed by atoms with Crippen LogP contribution in [-0.2, 0) is 19.5 Å². The maximum atomic E-state index is 10.1. The minimum Gasteiger partial charge on any atom is -0.508 e. The number of aromatic hydroxyl groups is 1. The molecule has 2 aliphatic rings. The maximum Gasteiger partial charge on any atom is 0.131 e. The van der Waals surface area contributed by atoms with Gasteiger partial charge in [-0.05, 0) is 31.0 Å². The molecule has 0 radical (unpaired) electrons. The van der Waals surface area contributed by atoms with Crippen molar-refractivity contribution in [2.75, 3.05) is 13.7 Å². The second-order valence-corrected chi connectivity index (χ2v) is 7.49. The van der Waals surface area contributed by atoms with Crippen molar-refractivity contribution in [2.24, 2.45) is 0 Å². The van der Waals surface area contributed by atoms with Crippen molar-refractivity contribution < 1.29 is 9.84 Å². The van der Waals surface area contributed by atoms with Gasteiger partial charge >= 0.3 is 0 Å². The molecule has 1 fully saturated rings. The number of aromatic nitrogens is 2. The van der Waals surface area contributed by atoms with Crippen LogP contribution in [-0.4, -0.2) is 33.6 Å². The zero-order valence-electron chi connectivity index (χ0n) is 15.4. The highest BCUT2D eigenvalue weighted by Crippen LogP contribution is 2.32. The highest BCUT2D eigenvalue weighted by Gasteiger charge is 2.23. The number of ether oxygens (including phenoxy) is 1. The van der Waals surface area contributed by atoms with E-state index in [4.69, 9.17) is 14.7 Å². The summed E-state index contributed by atoms with van der Waals surface area (Å²) in [5, 5.41) is 10.1. The summed E-state index contributed by atoms with van der Waals surface area (Å²) >= 11 is 0. The summed E-state index contributed by atoms with van der Waals surface area (Å²) in [4.78, 5) is 11.9. The third kappa shape index (κ3) is 3.68. The first-order valence-corrected chi connectivity index (χ1v) is 9.66. The molecular formula is C21H27N3O2. The summed E-state index contributed by atoms with van der Waals surface area (Å²) in [6.07, 6.45) is 9.42. The third-order valence-electron chi connectivity index (χ3n) is 5.68. The van der Waals surface area contributed by atoms with E-state index in [1.165, 1.54) is 43.4 Å². The van der Waals surface area contributed by atoms with Gasteiger partial charge in [0.15, 0.2) is 0 Å². The van der Waals surface area contributed by atoms with Crippen molar-refractivity contribution in [1.29, 1.82) is 0 Å². The van der Waals surface area contributed by atoms with E-state index in [0.717, 1.165) is 36.6 Å². The third-order valence-corrected chi connectivity index (χ3v) is 5.68. The van der Waals surface area contributed by atoms with Crippen molar-refractivity contribution >= 4 is 0 Å². The van der Waals surface area contributed by atoms with Gasteiger partial charge in [-0.1, -0.05) is 19.3 Å². The van der Waals surface area contributed by atoms with Gasteiger partial charge in [-0.25, -0.2) is 9.97 Å². The van der Waals surface area contributed by atoms with E-state index in [1.54, 1.807) is 19.2 Å². The molecule has 2 aromatic rings. The lowest BCUT2D eigenvalue weighted by molar-refractivity contribution is 0.238. The minimum atomic E-state index is 0.320. The average molecular weight is 353 g/mol. The molecule has 0 amide bonds. The first-order chi connectivity index (χ1) is 12.7. The van der Waals surface area contributed by atoms with E-state index in [1.807, 2.05) is 12.3 Å². The second kappa shape index (κ2) is 7.62. The Labute approximate surface area is 155 Å². The van der Waals surface area contributed by atoms with Gasteiger partial charge in [0.05, 0.1) is 7.11 Å². The number of methoxy groups -OCH3 is 1. The van der Waals surface area contributed by atoms with Gasteiger partial charge in [-0.15, -0.1) is 0 Å². The largest absolute Gasteiger partial charge is 0.508 e. The van der Waals surface area contributed by atoms with Gasteiger partial charge in [-0.2, -0.15) is 0 Å². The highest BCUT2D eigenvalue weighted by atomic mass is 16.5. The monoisotopic (exact) mass is 353 g/mol. The number of hydrogen-bond donors (Lipinski definition) is 1. The number of hydrogen-bond acceptors (Lipinski definition) is 5. The standard InChI is InChI=1S/C21H27N3O2/c1-26-18-7-8-20(25)16(11-18)13-24-10-9-19-17(14-24)12-22-21(23-19)15-5-3-2-4-6-15/h7-8,11-12,15,25H,2-6,9-10,13-14H2,1H3. The number of fused-ring (bicyclic) bond motifs is 1. The van der Waals surface area contributed by atoms with Crippen molar-refractivity contribution in [3.05, 3.63) is 47.0 Å². The van der Waals surface area contributed by atoms with Crippen LogP contribution in [0.15, 0.2) is 24.4 Å². The fourth-order valence-corrected chi connectivity index (χ4v) is 4.14. The molecule has 4 rings (SSSR count). The fourth-order valence-electron chi connectivity index (χ4n) is 4.14. The SMILES string of the molecule is COc1ccc(O)c(CN2CCc3nc(C4CCCCC4)ncc3C2)c1. The summed E-state index contributed by atoms with van der Waals surface area (Å²) in [7, 11) is 1.65. The van der Waals surface area contributed by atoms with Crippen molar-refractivity contribution in [3.8, 4) is 11.5 Å². The molecule has 2 heterocycles. The predicted molar refractivity (Wildman–Crippen MR) is 100 cm³/mol. The van der Waals surface area contributed by atoms with Crippen LogP contribution in [0.25, 0.3) is 0 Å². The number of nitrogens with zero attached hydrogens (tertiary/aromatic N) is 3. The Morgan fingerprint density at radius 1 is 1.23 bits per heavy atom. The molecule has 138 valence electrons. The average Bonchev–Trinajstić information content (AvgIpc) is 2.70. The summed E-state index contributed by atoms with van der Waals surface area (Å²) in [6.45, 7) is 2.48. The van der Waals surface area contributed by atoms with Crippen LogP contribution in [0, 0.1) is 0 Å². The Kier molecular flexibility index (Phi) is 5.07. The summed E-state index contributed by atoms with van der Waals surface area (Å²) in [5.74, 6) is 2.71. The first kappa shape index (κ1) is 17.3. The molecule has 1 N–H and O–H groups in total. The molecule has 1 aliphatic carbocycles. The number of rotatable bonds is 4. The smallest absolute Gasteiger partial charge is 0.131 e. The zero-order chi connectivity index (χ0) is 17.9. The molecule has 0 unspecified atom stereocenters. The van der Waals surface area contributed by atoms with E-state index >= 15 is 0 Å². The molecule has 1 aromatic carbocycles. The Balaban J connectivity index is 1.46. The van der Waals surface area contributed by atoms with Gasteiger partial charge < -0.3 is 9.84 Å². The van der Waals surface area contributed by atoms with Gasteiger partial charge in [0, 0.05) is 55.0 Å². The molecule has 1 saturated carbocycles. The lowest BCUT2D eigenvalue weighted by Crippen LogP contribution is -2.31. The number of benzene rings is 1. The zero-order valence-corrected chi connectivity index (χ0v) is 15.4. The molecule has 0 bridgehead atoms. The van der Waals surface area contributed by atoms with Crippen molar-refractivity contribution in [3.63, 3.8) is 0 Å². The quantitative estimate of drug-likeness (QED) is 0.906. The molecule has 26 heavy (non-hydrogen) atoms. The van der Waals surface area contributed by atoms with E-state index in [9.17, 15) is 5.11 Å². The Morgan fingerprint density at radius 3 is 2.88 bits per heavy atom. The van der Waals surface area contributed by atoms with E-state index < -0.39 is 0 Å². The minimum absolute atomic E-state index is 0.320. The lowest BCUT2D eigenvalue weighted by atomic mass is 9.88. The topological polar surface area (TPSA) is 58.5 Å². The van der Waals surface area contributed by atoms with Crippen LogP contribution < -0.4 is 4.74 Å². The van der Waals surface area contributed by atoms with Crippen molar-refractivity contribution in [2.45, 2.75) is 57.5 Å². The number of phenolic OH excluding ortho intramolecular Hbond substituents is 1. The highest BCUT2D eigenvalue weighted by molar-refractivity contribution is 5.39. The number of phenols is 1. The molecule has 0 spiro atoms. The van der Waals surface area contributed by atoms with Crippen LogP contribution in [0.1, 0.15) is 60.7 Å². The van der Waals surface area contributed by atoms with E-state index in [0.29, 0.717) is 18.2 Å². The maximum absolute atomic E-state index is 10.1. The Bertz CT molecular complexity index is 772. The van der Waals surface area contributed by atoms with Gasteiger partial charge in [0.2, 0.25) is 0 Å². The fraction of sp³-hybridized carbons (Fsp3) is 0.524. The van der Waals surface area contributed by atoms with E-state index in [2.05, 4.69) is 4.90 Å². The van der Waals surface area contributed by atoms with Gasteiger partial charge in [0.1, 0.15) is 17.3 Å². The summed E-state index contributed by atoms with van der Waals surface area (Å²) in [5.41, 5.74) is 3.33. The summed E-state index contributed by atoms with van der Waals surface area (Å²) < 4.78 is 5.28.